The van der Waals surface area contributed by atoms with Crippen LogP contribution in [0, 0.1) is 5.92 Å². The van der Waals surface area contributed by atoms with E-state index in [1.807, 2.05) is 0 Å². The number of rotatable bonds is 15. The van der Waals surface area contributed by atoms with Gasteiger partial charge in [0.05, 0.1) is 0 Å². The van der Waals surface area contributed by atoms with Crippen LogP contribution in [-0.2, 0) is 14.3 Å². The van der Waals surface area contributed by atoms with Gasteiger partial charge in [-0.05, 0) is 12.8 Å². The second-order valence-electron chi connectivity index (χ2n) is 7.41. The number of carbonyl (C=O) groups excluding carboxylic acids is 2. The highest BCUT2D eigenvalue weighted by Gasteiger charge is 2.31. The molecule has 0 aromatic rings. The number of hydrogen-bond donors (Lipinski definition) is 0. The predicted molar refractivity (Wildman–Crippen MR) is 103 cm³/mol. The molecule has 0 bridgehead atoms. The van der Waals surface area contributed by atoms with Gasteiger partial charge in [0.15, 0.2) is 5.78 Å². The molecule has 25 heavy (non-hydrogen) atoms. The molecule has 1 heterocycles. The maximum Gasteiger partial charge on any atom is 0.321 e. The molecule has 1 aliphatic heterocycles. The van der Waals surface area contributed by atoms with Crippen LogP contribution >= 0.6 is 0 Å². The number of hydrogen-bond acceptors (Lipinski definition) is 3. The smallest absolute Gasteiger partial charge is 0.321 e. The van der Waals surface area contributed by atoms with Crippen LogP contribution in [0.3, 0.4) is 0 Å². The standard InChI is InChI=1S/C22H38O3/c1-3-5-7-9-10-11-12-13-14-16-19-18-21(23)20(22(24)25-19)17-15-8-6-4-2/h18,20H,3-17H2,1-2H3/t20-/m1/s1. The van der Waals surface area contributed by atoms with Gasteiger partial charge in [0.25, 0.3) is 0 Å². The SMILES string of the molecule is CCCCCCCCCCCC1=CC(=O)[C@@H](CCCCCC)C(=O)O1. The number of unbranched alkanes of at least 4 members (excludes halogenated alkanes) is 11. The molecule has 0 unspecified atom stereocenters. The molecule has 3 nitrogen and oxygen atoms in total. The molecule has 1 rings (SSSR count). The van der Waals surface area contributed by atoms with Crippen molar-refractivity contribution in [1.82, 2.24) is 0 Å². The third kappa shape index (κ3) is 9.81. The Balaban J connectivity index is 2.14. The third-order valence-electron chi connectivity index (χ3n) is 5.04. The van der Waals surface area contributed by atoms with E-state index in [0.29, 0.717) is 12.2 Å². The number of ether oxygens (including phenoxy) is 1. The second-order valence-corrected chi connectivity index (χ2v) is 7.41. The third-order valence-corrected chi connectivity index (χ3v) is 5.04. The van der Waals surface area contributed by atoms with E-state index in [9.17, 15) is 9.59 Å². The second kappa shape index (κ2) is 14.1. The zero-order valence-corrected chi connectivity index (χ0v) is 16.5. The monoisotopic (exact) mass is 350 g/mol. The van der Waals surface area contributed by atoms with Crippen molar-refractivity contribution in [3.63, 3.8) is 0 Å². The molecule has 0 fully saturated rings. The Morgan fingerprint density at radius 3 is 1.84 bits per heavy atom. The molecule has 3 heteroatoms. The highest BCUT2D eigenvalue weighted by Crippen LogP contribution is 2.24. The normalized spacial score (nSPS) is 17.5. The van der Waals surface area contributed by atoms with Crippen LogP contribution < -0.4 is 0 Å². The first-order valence-corrected chi connectivity index (χ1v) is 10.6. The van der Waals surface area contributed by atoms with Crippen molar-refractivity contribution >= 4 is 11.8 Å². The van der Waals surface area contributed by atoms with E-state index in [1.54, 1.807) is 6.08 Å². The number of allylic oxidation sites excluding steroid dienone is 2. The van der Waals surface area contributed by atoms with E-state index in [-0.39, 0.29) is 11.8 Å². The van der Waals surface area contributed by atoms with E-state index >= 15 is 0 Å². The molecule has 0 spiro atoms. The van der Waals surface area contributed by atoms with Gasteiger partial charge in [-0.3, -0.25) is 9.59 Å². The van der Waals surface area contributed by atoms with E-state index in [1.165, 1.54) is 44.9 Å². The predicted octanol–water partition coefficient (Wildman–Crippen LogP) is 6.50. The minimum absolute atomic E-state index is 0.0429. The highest BCUT2D eigenvalue weighted by atomic mass is 16.5. The number of carbonyl (C=O) groups is 2. The Hall–Kier alpha value is -1.12. The molecular weight excluding hydrogens is 312 g/mol. The lowest BCUT2D eigenvalue weighted by Crippen LogP contribution is -2.29. The van der Waals surface area contributed by atoms with E-state index in [0.717, 1.165) is 44.9 Å². The molecule has 0 radical (unpaired) electrons. The molecule has 0 N–H and O–H groups in total. The van der Waals surface area contributed by atoms with Gasteiger partial charge in [0.2, 0.25) is 0 Å². The summed E-state index contributed by atoms with van der Waals surface area (Å²) in [5, 5.41) is 0. The van der Waals surface area contributed by atoms with Crippen LogP contribution in [0.15, 0.2) is 11.8 Å². The molecule has 0 amide bonds. The van der Waals surface area contributed by atoms with Gasteiger partial charge in [0.1, 0.15) is 11.7 Å². The largest absolute Gasteiger partial charge is 0.430 e. The van der Waals surface area contributed by atoms with Crippen LogP contribution in [0.5, 0.6) is 0 Å². The molecule has 0 saturated heterocycles. The summed E-state index contributed by atoms with van der Waals surface area (Å²) < 4.78 is 5.40. The minimum atomic E-state index is -0.552. The highest BCUT2D eigenvalue weighted by molar-refractivity contribution is 6.07. The molecule has 1 atom stereocenters. The van der Waals surface area contributed by atoms with Gasteiger partial charge in [-0.25, -0.2) is 0 Å². The first-order chi connectivity index (χ1) is 12.2. The van der Waals surface area contributed by atoms with Gasteiger partial charge < -0.3 is 4.74 Å². The van der Waals surface area contributed by atoms with E-state index in [2.05, 4.69) is 13.8 Å². The Kier molecular flexibility index (Phi) is 12.4. The summed E-state index contributed by atoms with van der Waals surface area (Å²) in [7, 11) is 0. The van der Waals surface area contributed by atoms with E-state index in [4.69, 9.17) is 4.74 Å². The Bertz CT molecular complexity index is 411. The summed E-state index contributed by atoms with van der Waals surface area (Å²) in [4.78, 5) is 24.2. The Morgan fingerprint density at radius 2 is 1.28 bits per heavy atom. The van der Waals surface area contributed by atoms with Crippen molar-refractivity contribution in [2.24, 2.45) is 5.92 Å². The molecule has 0 aliphatic carbocycles. The summed E-state index contributed by atoms with van der Waals surface area (Å²) in [6.45, 7) is 4.40. The zero-order valence-electron chi connectivity index (χ0n) is 16.5. The zero-order chi connectivity index (χ0) is 18.3. The average Bonchev–Trinajstić information content (AvgIpc) is 2.59. The molecule has 0 aromatic heterocycles. The fourth-order valence-electron chi connectivity index (χ4n) is 3.37. The summed E-state index contributed by atoms with van der Waals surface area (Å²) in [5.74, 6) is -0.333. The van der Waals surface area contributed by atoms with Crippen molar-refractivity contribution in [2.75, 3.05) is 0 Å². The fraction of sp³-hybridized carbons (Fsp3) is 0.818. The lowest BCUT2D eigenvalue weighted by molar-refractivity contribution is -0.149. The maximum atomic E-state index is 12.2. The quantitative estimate of drug-likeness (QED) is 0.192. The Morgan fingerprint density at radius 1 is 0.760 bits per heavy atom. The van der Waals surface area contributed by atoms with Crippen LogP contribution in [0.25, 0.3) is 0 Å². The van der Waals surface area contributed by atoms with Gasteiger partial charge in [-0.1, -0.05) is 90.9 Å². The first kappa shape index (κ1) is 21.9. The lowest BCUT2D eigenvalue weighted by atomic mass is 9.94. The van der Waals surface area contributed by atoms with Gasteiger partial charge >= 0.3 is 5.97 Å². The van der Waals surface area contributed by atoms with Gasteiger partial charge in [0, 0.05) is 12.5 Å². The Labute approximate surface area is 154 Å². The van der Waals surface area contributed by atoms with Gasteiger partial charge in [-0.2, -0.15) is 0 Å². The van der Waals surface area contributed by atoms with Crippen molar-refractivity contribution < 1.29 is 14.3 Å². The van der Waals surface area contributed by atoms with Crippen molar-refractivity contribution in [3.8, 4) is 0 Å². The minimum Gasteiger partial charge on any atom is -0.430 e. The van der Waals surface area contributed by atoms with Crippen molar-refractivity contribution in [3.05, 3.63) is 11.8 Å². The molecular formula is C22H38O3. The molecule has 0 saturated carbocycles. The van der Waals surface area contributed by atoms with Crippen molar-refractivity contribution in [2.45, 2.75) is 110 Å². The lowest BCUT2D eigenvalue weighted by Gasteiger charge is -2.20. The van der Waals surface area contributed by atoms with E-state index < -0.39 is 5.92 Å². The van der Waals surface area contributed by atoms with Crippen LogP contribution in [0.1, 0.15) is 110 Å². The summed E-state index contributed by atoms with van der Waals surface area (Å²) in [6, 6.07) is 0. The van der Waals surface area contributed by atoms with Crippen LogP contribution in [0.2, 0.25) is 0 Å². The number of ketones is 1. The van der Waals surface area contributed by atoms with Gasteiger partial charge in [-0.15, -0.1) is 0 Å². The number of esters is 1. The summed E-state index contributed by atoms with van der Waals surface area (Å²) in [6.07, 6.45) is 18.7. The van der Waals surface area contributed by atoms with Crippen LogP contribution in [-0.4, -0.2) is 11.8 Å². The fourth-order valence-corrected chi connectivity index (χ4v) is 3.37. The first-order valence-electron chi connectivity index (χ1n) is 10.6. The van der Waals surface area contributed by atoms with Crippen molar-refractivity contribution in [1.29, 1.82) is 0 Å². The summed E-state index contributed by atoms with van der Waals surface area (Å²) in [5.41, 5.74) is 0. The average molecular weight is 351 g/mol. The molecule has 144 valence electrons. The topological polar surface area (TPSA) is 43.4 Å². The molecule has 1 aliphatic rings. The number of cyclic esters (lactones) is 1. The molecule has 0 aromatic carbocycles. The van der Waals surface area contributed by atoms with Crippen LogP contribution in [0.4, 0.5) is 0 Å². The summed E-state index contributed by atoms with van der Waals surface area (Å²) >= 11 is 0. The maximum absolute atomic E-state index is 12.2.